The number of rotatable bonds is 6. The first-order valence-electron chi connectivity index (χ1n) is 7.70. The van der Waals surface area contributed by atoms with Crippen LogP contribution in [0.4, 0.5) is 0 Å². The van der Waals surface area contributed by atoms with Crippen molar-refractivity contribution in [3.8, 4) is 17.6 Å². The van der Waals surface area contributed by atoms with Crippen LogP contribution >= 0.6 is 0 Å². The lowest BCUT2D eigenvalue weighted by Crippen LogP contribution is -2.33. The minimum absolute atomic E-state index is 0.0466. The largest absolute Gasteiger partial charge is 0.493 e. The number of carbonyl (C=O) groups excluding carboxylic acids is 1. The molecule has 1 N–H and O–H groups in total. The molecule has 0 heterocycles. The summed E-state index contributed by atoms with van der Waals surface area (Å²) in [5, 5.41) is 11.8. The highest BCUT2D eigenvalue weighted by atomic mass is 16.5. The van der Waals surface area contributed by atoms with Gasteiger partial charge in [0.05, 0.1) is 18.7 Å². The standard InChI is InChI=1S/C17H22N2O3/c1-21-16-9-14(10-18)7-8-15(16)22-12-17(20)19-11-13-5-3-2-4-6-13/h7-9,13H,2-6,11-12H2,1H3,(H,19,20). The topological polar surface area (TPSA) is 71.3 Å². The number of methoxy groups -OCH3 is 1. The molecule has 2 rings (SSSR count). The zero-order chi connectivity index (χ0) is 15.8. The first-order valence-corrected chi connectivity index (χ1v) is 7.70. The Bertz CT molecular complexity index is 545. The Labute approximate surface area is 131 Å². The normalized spacial score (nSPS) is 14.9. The van der Waals surface area contributed by atoms with Gasteiger partial charge in [0.15, 0.2) is 18.1 Å². The molecule has 5 heteroatoms. The van der Waals surface area contributed by atoms with Crippen LogP contribution < -0.4 is 14.8 Å². The monoisotopic (exact) mass is 302 g/mol. The van der Waals surface area contributed by atoms with Gasteiger partial charge in [-0.05, 0) is 30.9 Å². The molecule has 22 heavy (non-hydrogen) atoms. The lowest BCUT2D eigenvalue weighted by molar-refractivity contribution is -0.123. The lowest BCUT2D eigenvalue weighted by Gasteiger charge is -2.21. The molecule has 5 nitrogen and oxygen atoms in total. The zero-order valence-electron chi connectivity index (χ0n) is 12.9. The summed E-state index contributed by atoms with van der Waals surface area (Å²) in [4.78, 5) is 11.9. The minimum Gasteiger partial charge on any atom is -0.493 e. The third kappa shape index (κ3) is 4.66. The smallest absolute Gasteiger partial charge is 0.257 e. The zero-order valence-corrected chi connectivity index (χ0v) is 12.9. The fourth-order valence-electron chi connectivity index (χ4n) is 2.70. The molecule has 0 saturated heterocycles. The third-order valence-electron chi connectivity index (χ3n) is 3.96. The molecule has 0 unspecified atom stereocenters. The fourth-order valence-corrected chi connectivity index (χ4v) is 2.70. The molecule has 118 valence electrons. The number of ether oxygens (including phenoxy) is 2. The molecule has 1 fully saturated rings. The Morgan fingerprint density at radius 2 is 2.09 bits per heavy atom. The SMILES string of the molecule is COc1cc(C#N)ccc1OCC(=O)NCC1CCCCC1. The third-order valence-corrected chi connectivity index (χ3v) is 3.96. The van der Waals surface area contributed by atoms with E-state index in [9.17, 15) is 4.79 Å². The number of hydrogen-bond acceptors (Lipinski definition) is 4. The number of benzene rings is 1. The maximum absolute atomic E-state index is 11.9. The van der Waals surface area contributed by atoms with Gasteiger partial charge in [0.2, 0.25) is 0 Å². The Kier molecular flexibility index (Phi) is 6.08. The van der Waals surface area contributed by atoms with Crippen molar-refractivity contribution in [3.05, 3.63) is 23.8 Å². The van der Waals surface area contributed by atoms with E-state index in [2.05, 4.69) is 5.32 Å². The summed E-state index contributed by atoms with van der Waals surface area (Å²) in [6, 6.07) is 6.91. The van der Waals surface area contributed by atoms with Gasteiger partial charge >= 0.3 is 0 Å². The van der Waals surface area contributed by atoms with Crippen molar-refractivity contribution in [3.63, 3.8) is 0 Å². The second-order valence-electron chi connectivity index (χ2n) is 5.57. The Hall–Kier alpha value is -2.22. The predicted octanol–water partition coefficient (Wildman–Crippen LogP) is 2.64. The number of nitrogens with one attached hydrogen (secondary N) is 1. The van der Waals surface area contributed by atoms with Gasteiger partial charge in [0.25, 0.3) is 5.91 Å². The summed E-state index contributed by atoms with van der Waals surface area (Å²) in [5.74, 6) is 1.40. The second-order valence-corrected chi connectivity index (χ2v) is 5.57. The summed E-state index contributed by atoms with van der Waals surface area (Å²) in [6.45, 7) is 0.682. The van der Waals surface area contributed by atoms with Crippen LogP contribution in [0.5, 0.6) is 11.5 Å². The van der Waals surface area contributed by atoms with E-state index in [1.807, 2.05) is 6.07 Å². The van der Waals surface area contributed by atoms with Crippen LogP contribution in [0.15, 0.2) is 18.2 Å². The number of nitrogens with zero attached hydrogens (tertiary/aromatic N) is 1. The highest BCUT2D eigenvalue weighted by molar-refractivity contribution is 5.77. The summed E-state index contributed by atoms with van der Waals surface area (Å²) in [7, 11) is 1.51. The number of carbonyl (C=O) groups is 1. The summed E-state index contributed by atoms with van der Waals surface area (Å²) < 4.78 is 10.7. The van der Waals surface area contributed by atoms with Crippen LogP contribution in [0.2, 0.25) is 0 Å². The lowest BCUT2D eigenvalue weighted by atomic mass is 9.89. The average molecular weight is 302 g/mol. The first kappa shape index (κ1) is 16.2. The molecule has 1 amide bonds. The first-order chi connectivity index (χ1) is 10.7. The molecule has 1 saturated carbocycles. The van der Waals surface area contributed by atoms with Crippen molar-refractivity contribution in [1.82, 2.24) is 5.32 Å². The van der Waals surface area contributed by atoms with Crippen molar-refractivity contribution in [2.24, 2.45) is 5.92 Å². The van der Waals surface area contributed by atoms with Gasteiger partial charge in [-0.3, -0.25) is 4.79 Å². The molecular weight excluding hydrogens is 280 g/mol. The van der Waals surface area contributed by atoms with Crippen LogP contribution in [0, 0.1) is 17.2 Å². The van der Waals surface area contributed by atoms with Gasteiger partial charge < -0.3 is 14.8 Å². The average Bonchev–Trinajstić information content (AvgIpc) is 2.58. The number of amides is 1. The highest BCUT2D eigenvalue weighted by Crippen LogP contribution is 2.27. The van der Waals surface area contributed by atoms with Gasteiger partial charge in [0, 0.05) is 12.6 Å². The van der Waals surface area contributed by atoms with E-state index in [0.717, 1.165) is 6.54 Å². The molecule has 0 spiro atoms. The van der Waals surface area contributed by atoms with Gasteiger partial charge in [0.1, 0.15) is 0 Å². The number of hydrogen-bond donors (Lipinski definition) is 1. The van der Waals surface area contributed by atoms with E-state index in [4.69, 9.17) is 14.7 Å². The van der Waals surface area contributed by atoms with Gasteiger partial charge in [-0.25, -0.2) is 0 Å². The summed E-state index contributed by atoms with van der Waals surface area (Å²) >= 11 is 0. The molecular formula is C17H22N2O3. The van der Waals surface area contributed by atoms with Gasteiger partial charge in [-0.1, -0.05) is 19.3 Å². The Balaban J connectivity index is 1.79. The molecule has 1 aliphatic rings. The molecule has 1 aromatic carbocycles. The highest BCUT2D eigenvalue weighted by Gasteiger charge is 2.15. The molecule has 0 aromatic heterocycles. The van der Waals surface area contributed by atoms with Crippen molar-refractivity contribution in [2.75, 3.05) is 20.3 Å². The fraction of sp³-hybridized carbons (Fsp3) is 0.529. The van der Waals surface area contributed by atoms with Crippen molar-refractivity contribution in [1.29, 1.82) is 5.26 Å². The summed E-state index contributed by atoms with van der Waals surface area (Å²) in [6.07, 6.45) is 6.24. The number of nitriles is 1. The molecule has 0 aliphatic heterocycles. The van der Waals surface area contributed by atoms with Gasteiger partial charge in [-0.2, -0.15) is 5.26 Å². The van der Waals surface area contributed by atoms with E-state index in [0.29, 0.717) is 23.0 Å². The van der Waals surface area contributed by atoms with Gasteiger partial charge in [-0.15, -0.1) is 0 Å². The van der Waals surface area contributed by atoms with Crippen LogP contribution in [0.1, 0.15) is 37.7 Å². The second kappa shape index (κ2) is 8.28. The Morgan fingerprint density at radius 3 is 2.77 bits per heavy atom. The maximum Gasteiger partial charge on any atom is 0.257 e. The van der Waals surface area contributed by atoms with E-state index < -0.39 is 0 Å². The molecule has 1 aromatic rings. The molecule has 0 atom stereocenters. The van der Waals surface area contributed by atoms with Crippen LogP contribution in [0.3, 0.4) is 0 Å². The van der Waals surface area contributed by atoms with E-state index in [1.165, 1.54) is 39.2 Å². The minimum atomic E-state index is -0.128. The van der Waals surface area contributed by atoms with Crippen molar-refractivity contribution in [2.45, 2.75) is 32.1 Å². The molecule has 0 bridgehead atoms. The van der Waals surface area contributed by atoms with E-state index in [1.54, 1.807) is 18.2 Å². The quantitative estimate of drug-likeness (QED) is 0.877. The van der Waals surface area contributed by atoms with Crippen molar-refractivity contribution >= 4 is 5.91 Å². The van der Waals surface area contributed by atoms with Crippen molar-refractivity contribution < 1.29 is 14.3 Å². The molecule has 1 aliphatic carbocycles. The van der Waals surface area contributed by atoms with Crippen LogP contribution in [-0.2, 0) is 4.79 Å². The van der Waals surface area contributed by atoms with Crippen LogP contribution in [-0.4, -0.2) is 26.2 Å². The molecule has 0 radical (unpaired) electrons. The predicted molar refractivity (Wildman–Crippen MR) is 82.8 cm³/mol. The van der Waals surface area contributed by atoms with Crippen LogP contribution in [0.25, 0.3) is 0 Å². The Morgan fingerprint density at radius 1 is 1.32 bits per heavy atom. The summed E-state index contributed by atoms with van der Waals surface area (Å²) in [5.41, 5.74) is 0.492. The van der Waals surface area contributed by atoms with E-state index >= 15 is 0 Å². The maximum atomic E-state index is 11.9. The van der Waals surface area contributed by atoms with E-state index in [-0.39, 0.29) is 12.5 Å².